The van der Waals surface area contributed by atoms with Crippen LogP contribution in [0.25, 0.3) is 0 Å². The molecule has 1 aromatic heterocycles. The minimum absolute atomic E-state index is 0.0119. The normalized spacial score (nSPS) is 22.1. The molecule has 2 aromatic rings. The molecule has 0 amide bonds. The van der Waals surface area contributed by atoms with Crippen molar-refractivity contribution >= 4 is 15.7 Å². The Morgan fingerprint density at radius 2 is 1.76 bits per heavy atom. The molecule has 1 atom stereocenters. The number of aromatic nitrogens is 1. The Labute approximate surface area is 148 Å². The van der Waals surface area contributed by atoms with Crippen molar-refractivity contribution in [3.05, 3.63) is 54.4 Å². The maximum Gasteiger partial charge on any atom is 0.264 e. The number of hydrogen-bond acceptors (Lipinski definition) is 5. The number of fused-ring (bicyclic) bond motifs is 1. The molecule has 0 spiro atoms. The van der Waals surface area contributed by atoms with E-state index in [1.54, 1.807) is 36.5 Å². The van der Waals surface area contributed by atoms with Gasteiger partial charge < -0.3 is 5.73 Å². The number of nitrogens with two attached hydrogens (primary N) is 1. The molecule has 2 aliphatic heterocycles. The molecular weight excluding hydrogens is 336 g/mol. The summed E-state index contributed by atoms with van der Waals surface area (Å²) >= 11 is 0. The Balaban J connectivity index is 1.69. The summed E-state index contributed by atoms with van der Waals surface area (Å²) in [5.74, 6) is 0. The molecule has 25 heavy (non-hydrogen) atoms. The molecule has 4 rings (SSSR count). The van der Waals surface area contributed by atoms with Crippen molar-refractivity contribution in [1.82, 2.24) is 9.88 Å². The standard InChI is InChI=1S/C18H22N4O2S/c19-14-8-11-21(12-9-14)17-13-22(16-7-4-10-20-18(16)17)25(23,24)15-5-2-1-3-6-15/h1-7,10,14,17H,8-9,11-13,19H2. The summed E-state index contributed by atoms with van der Waals surface area (Å²) in [6.45, 7) is 2.15. The second kappa shape index (κ2) is 6.40. The molecule has 132 valence electrons. The lowest BCUT2D eigenvalue weighted by molar-refractivity contribution is 0.160. The van der Waals surface area contributed by atoms with E-state index in [1.807, 2.05) is 12.1 Å². The molecular formula is C18H22N4O2S. The molecule has 0 bridgehead atoms. The smallest absolute Gasteiger partial charge is 0.264 e. The van der Waals surface area contributed by atoms with Crippen molar-refractivity contribution in [2.45, 2.75) is 29.8 Å². The summed E-state index contributed by atoms with van der Waals surface area (Å²) in [4.78, 5) is 7.14. The van der Waals surface area contributed by atoms with Gasteiger partial charge in [0.2, 0.25) is 0 Å². The monoisotopic (exact) mass is 358 g/mol. The molecule has 0 aliphatic carbocycles. The van der Waals surface area contributed by atoms with E-state index in [2.05, 4.69) is 9.88 Å². The molecule has 0 radical (unpaired) electrons. The van der Waals surface area contributed by atoms with Crippen LogP contribution >= 0.6 is 0 Å². The van der Waals surface area contributed by atoms with Crippen LogP contribution in [0.4, 0.5) is 5.69 Å². The molecule has 6 nitrogen and oxygen atoms in total. The van der Waals surface area contributed by atoms with E-state index in [-0.39, 0.29) is 12.1 Å². The third-order valence-electron chi connectivity index (χ3n) is 5.09. The summed E-state index contributed by atoms with van der Waals surface area (Å²) in [7, 11) is -3.59. The van der Waals surface area contributed by atoms with Gasteiger partial charge in [-0.3, -0.25) is 14.2 Å². The van der Waals surface area contributed by atoms with Crippen LogP contribution in [0.15, 0.2) is 53.6 Å². The molecule has 0 saturated carbocycles. The second-order valence-electron chi connectivity index (χ2n) is 6.65. The first kappa shape index (κ1) is 16.5. The fraction of sp³-hybridized carbons (Fsp3) is 0.389. The van der Waals surface area contributed by atoms with Crippen LogP contribution < -0.4 is 10.0 Å². The van der Waals surface area contributed by atoms with Gasteiger partial charge in [0.25, 0.3) is 10.0 Å². The third-order valence-corrected chi connectivity index (χ3v) is 6.88. The summed E-state index contributed by atoms with van der Waals surface area (Å²) in [6.07, 6.45) is 3.61. The Morgan fingerprint density at radius 3 is 2.48 bits per heavy atom. The van der Waals surface area contributed by atoms with Crippen LogP contribution in [0, 0.1) is 0 Å². The van der Waals surface area contributed by atoms with Gasteiger partial charge in [-0.15, -0.1) is 0 Å². The van der Waals surface area contributed by atoms with Gasteiger partial charge in [-0.1, -0.05) is 18.2 Å². The van der Waals surface area contributed by atoms with E-state index in [0.717, 1.165) is 31.6 Å². The number of benzene rings is 1. The van der Waals surface area contributed by atoms with Crippen LogP contribution in [-0.4, -0.2) is 44.0 Å². The molecule has 2 aliphatic rings. The van der Waals surface area contributed by atoms with E-state index in [0.29, 0.717) is 17.1 Å². The molecule has 3 heterocycles. The van der Waals surface area contributed by atoms with Crippen LogP contribution in [-0.2, 0) is 10.0 Å². The molecule has 7 heteroatoms. The van der Waals surface area contributed by atoms with Crippen molar-refractivity contribution in [2.75, 3.05) is 23.9 Å². The number of piperidine rings is 1. The maximum absolute atomic E-state index is 13.1. The van der Waals surface area contributed by atoms with Crippen molar-refractivity contribution < 1.29 is 8.42 Å². The van der Waals surface area contributed by atoms with Gasteiger partial charge in [0.15, 0.2) is 0 Å². The summed E-state index contributed by atoms with van der Waals surface area (Å²) < 4.78 is 27.8. The van der Waals surface area contributed by atoms with Gasteiger partial charge in [-0.2, -0.15) is 0 Å². The average molecular weight is 358 g/mol. The zero-order valence-electron chi connectivity index (χ0n) is 14.0. The highest BCUT2D eigenvalue weighted by atomic mass is 32.2. The van der Waals surface area contributed by atoms with E-state index in [4.69, 9.17) is 5.73 Å². The SMILES string of the molecule is NC1CCN(C2CN(S(=O)(=O)c3ccccc3)c3cccnc32)CC1. The number of anilines is 1. The summed E-state index contributed by atoms with van der Waals surface area (Å²) in [5, 5.41) is 0. The highest BCUT2D eigenvalue weighted by molar-refractivity contribution is 7.92. The predicted octanol–water partition coefficient (Wildman–Crippen LogP) is 1.75. The highest BCUT2D eigenvalue weighted by Gasteiger charge is 2.40. The van der Waals surface area contributed by atoms with E-state index >= 15 is 0 Å². The van der Waals surface area contributed by atoms with Gasteiger partial charge >= 0.3 is 0 Å². The van der Waals surface area contributed by atoms with E-state index in [1.165, 1.54) is 4.31 Å². The second-order valence-corrected chi connectivity index (χ2v) is 8.51. The van der Waals surface area contributed by atoms with Crippen molar-refractivity contribution in [3.63, 3.8) is 0 Å². The van der Waals surface area contributed by atoms with Crippen LogP contribution in [0.1, 0.15) is 24.6 Å². The summed E-state index contributed by atoms with van der Waals surface area (Å²) in [6, 6.07) is 12.5. The van der Waals surface area contributed by atoms with Gasteiger partial charge in [-0.05, 0) is 37.1 Å². The topological polar surface area (TPSA) is 79.5 Å². The van der Waals surface area contributed by atoms with Crippen LogP contribution in [0.3, 0.4) is 0 Å². The van der Waals surface area contributed by atoms with Crippen molar-refractivity contribution in [3.8, 4) is 0 Å². The predicted molar refractivity (Wildman–Crippen MR) is 96.7 cm³/mol. The Bertz CT molecular complexity index is 848. The fourth-order valence-corrected chi connectivity index (χ4v) is 5.19. The minimum Gasteiger partial charge on any atom is -0.328 e. The summed E-state index contributed by atoms with van der Waals surface area (Å²) in [5.41, 5.74) is 7.55. The van der Waals surface area contributed by atoms with Gasteiger partial charge in [0, 0.05) is 25.3 Å². The van der Waals surface area contributed by atoms with Gasteiger partial charge in [0.05, 0.1) is 28.9 Å². The fourth-order valence-electron chi connectivity index (χ4n) is 3.69. The molecule has 1 unspecified atom stereocenters. The first-order valence-electron chi connectivity index (χ1n) is 8.60. The quantitative estimate of drug-likeness (QED) is 0.904. The van der Waals surface area contributed by atoms with E-state index in [9.17, 15) is 8.42 Å². The molecule has 1 aromatic carbocycles. The number of hydrogen-bond donors (Lipinski definition) is 1. The van der Waals surface area contributed by atoms with Crippen molar-refractivity contribution in [2.24, 2.45) is 5.73 Å². The number of rotatable bonds is 3. The first-order valence-corrected chi connectivity index (χ1v) is 10.0. The number of sulfonamides is 1. The average Bonchev–Trinajstić information content (AvgIpc) is 3.04. The Morgan fingerprint density at radius 1 is 1.04 bits per heavy atom. The van der Waals surface area contributed by atoms with Crippen LogP contribution in [0.5, 0.6) is 0 Å². The van der Waals surface area contributed by atoms with E-state index < -0.39 is 10.0 Å². The molecule has 1 fully saturated rings. The maximum atomic E-state index is 13.1. The third kappa shape index (κ3) is 2.92. The highest BCUT2D eigenvalue weighted by Crippen LogP contribution is 2.40. The lowest BCUT2D eigenvalue weighted by Crippen LogP contribution is -2.43. The number of likely N-dealkylation sites (tertiary alicyclic amines) is 1. The zero-order valence-corrected chi connectivity index (χ0v) is 14.8. The molecule has 2 N–H and O–H groups in total. The Hall–Kier alpha value is -1.96. The lowest BCUT2D eigenvalue weighted by Gasteiger charge is -2.34. The lowest BCUT2D eigenvalue weighted by atomic mass is 10.0. The number of nitrogens with zero attached hydrogens (tertiary/aromatic N) is 3. The largest absolute Gasteiger partial charge is 0.328 e. The zero-order chi connectivity index (χ0) is 17.4. The van der Waals surface area contributed by atoms with Gasteiger partial charge in [0.1, 0.15) is 0 Å². The van der Waals surface area contributed by atoms with Crippen LogP contribution in [0.2, 0.25) is 0 Å². The van der Waals surface area contributed by atoms with Crippen molar-refractivity contribution in [1.29, 1.82) is 0 Å². The number of pyridine rings is 1. The first-order chi connectivity index (χ1) is 12.1. The Kier molecular flexibility index (Phi) is 4.23. The van der Waals surface area contributed by atoms with Gasteiger partial charge in [-0.25, -0.2) is 8.42 Å². The minimum atomic E-state index is -3.59. The molecule has 1 saturated heterocycles.